The van der Waals surface area contributed by atoms with E-state index in [1.54, 1.807) is 23.1 Å². The zero-order valence-corrected chi connectivity index (χ0v) is 21.5. The maximum absolute atomic E-state index is 12.4. The zero-order chi connectivity index (χ0) is 23.5. The van der Waals surface area contributed by atoms with Crippen LogP contribution in [0.2, 0.25) is 0 Å². The van der Waals surface area contributed by atoms with Crippen LogP contribution in [0, 0.1) is 0 Å². The number of para-hydroxylation sites is 1. The van der Waals surface area contributed by atoms with Gasteiger partial charge in [0.15, 0.2) is 11.0 Å². The van der Waals surface area contributed by atoms with Gasteiger partial charge in [-0.05, 0) is 69.4 Å². The van der Waals surface area contributed by atoms with E-state index >= 15 is 0 Å². The minimum absolute atomic E-state index is 0.134. The molecule has 2 heterocycles. The summed E-state index contributed by atoms with van der Waals surface area (Å²) < 4.78 is 2.11. The Hall–Kier alpha value is -2.16. The molecular formula is C25H35N5OS2. The first-order valence-electron chi connectivity index (χ1n) is 11.8. The van der Waals surface area contributed by atoms with Crippen molar-refractivity contribution in [3.63, 3.8) is 0 Å². The van der Waals surface area contributed by atoms with Crippen LogP contribution in [0.15, 0.2) is 53.0 Å². The fraction of sp³-hybridized carbons (Fsp3) is 0.480. The van der Waals surface area contributed by atoms with Gasteiger partial charge >= 0.3 is 0 Å². The summed E-state index contributed by atoms with van der Waals surface area (Å²) in [6, 6.07) is 14.5. The fourth-order valence-corrected chi connectivity index (χ4v) is 5.30. The second-order valence-corrected chi connectivity index (χ2v) is 10.1. The van der Waals surface area contributed by atoms with Crippen molar-refractivity contribution in [2.75, 3.05) is 25.4 Å². The lowest BCUT2D eigenvalue weighted by molar-refractivity contribution is -0.121. The highest BCUT2D eigenvalue weighted by atomic mass is 32.2. The fourth-order valence-electron chi connectivity index (χ4n) is 3.71. The average Bonchev–Trinajstić information content (AvgIpc) is 3.50. The molecule has 178 valence electrons. The standard InChI is InChI=1S/C25H35N5OS2/c1-4-29(5-2)17-9-12-20(3)26-23(31)16-11-19-33-25-28-27-24(22-15-10-18-32-22)30(25)21-13-7-6-8-14-21/h6-8,10,13-15,18,20H,4-5,9,11-12,16-17,19H2,1-3H3,(H,26,31). The highest BCUT2D eigenvalue weighted by Crippen LogP contribution is 2.30. The monoisotopic (exact) mass is 485 g/mol. The van der Waals surface area contributed by atoms with Crippen molar-refractivity contribution in [2.24, 2.45) is 0 Å². The van der Waals surface area contributed by atoms with E-state index < -0.39 is 0 Å². The van der Waals surface area contributed by atoms with E-state index in [9.17, 15) is 4.79 Å². The summed E-state index contributed by atoms with van der Waals surface area (Å²) in [6.07, 6.45) is 3.46. The van der Waals surface area contributed by atoms with E-state index in [0.29, 0.717) is 6.42 Å². The van der Waals surface area contributed by atoms with E-state index in [2.05, 4.69) is 69.3 Å². The number of hydrogen-bond acceptors (Lipinski definition) is 6. The lowest BCUT2D eigenvalue weighted by Gasteiger charge is -2.19. The van der Waals surface area contributed by atoms with Gasteiger partial charge in [-0.15, -0.1) is 21.5 Å². The predicted octanol–water partition coefficient (Wildman–Crippen LogP) is 5.49. The van der Waals surface area contributed by atoms with Gasteiger partial charge in [-0.1, -0.05) is 49.9 Å². The number of thioether (sulfide) groups is 1. The summed E-state index contributed by atoms with van der Waals surface area (Å²) in [6.45, 7) is 9.75. The molecule has 3 aromatic rings. The van der Waals surface area contributed by atoms with Crippen LogP contribution in [0.3, 0.4) is 0 Å². The van der Waals surface area contributed by atoms with E-state index in [4.69, 9.17) is 0 Å². The third-order valence-corrected chi connectivity index (χ3v) is 7.46. The third-order valence-electron chi connectivity index (χ3n) is 5.58. The smallest absolute Gasteiger partial charge is 0.220 e. The molecule has 2 aromatic heterocycles. The molecule has 0 saturated carbocycles. The van der Waals surface area contributed by atoms with Crippen LogP contribution in [0.5, 0.6) is 0 Å². The Bertz CT molecular complexity index is 955. The maximum atomic E-state index is 12.4. The summed E-state index contributed by atoms with van der Waals surface area (Å²) in [4.78, 5) is 15.9. The SMILES string of the molecule is CCN(CC)CCCC(C)NC(=O)CCCSc1nnc(-c2cccs2)n1-c1ccccc1. The lowest BCUT2D eigenvalue weighted by Crippen LogP contribution is -2.33. The van der Waals surface area contributed by atoms with Crippen molar-refractivity contribution >= 4 is 29.0 Å². The Balaban J connectivity index is 1.47. The van der Waals surface area contributed by atoms with E-state index in [0.717, 1.165) is 66.2 Å². The molecule has 1 aromatic carbocycles. The summed E-state index contributed by atoms with van der Waals surface area (Å²) in [5.41, 5.74) is 1.05. The molecule has 0 aliphatic rings. The quantitative estimate of drug-likeness (QED) is 0.241. The van der Waals surface area contributed by atoms with Crippen molar-refractivity contribution in [1.82, 2.24) is 25.0 Å². The van der Waals surface area contributed by atoms with Crippen molar-refractivity contribution in [2.45, 2.75) is 57.7 Å². The largest absolute Gasteiger partial charge is 0.354 e. The highest BCUT2D eigenvalue weighted by Gasteiger charge is 2.17. The highest BCUT2D eigenvalue weighted by molar-refractivity contribution is 7.99. The molecule has 0 aliphatic carbocycles. The van der Waals surface area contributed by atoms with Gasteiger partial charge in [0.1, 0.15) is 0 Å². The van der Waals surface area contributed by atoms with Gasteiger partial charge in [0.05, 0.1) is 4.88 Å². The van der Waals surface area contributed by atoms with Crippen LogP contribution >= 0.6 is 23.1 Å². The van der Waals surface area contributed by atoms with E-state index in [1.165, 1.54) is 0 Å². The lowest BCUT2D eigenvalue weighted by atomic mass is 10.1. The molecule has 8 heteroatoms. The molecule has 1 N–H and O–H groups in total. The number of carbonyl (C=O) groups is 1. The normalized spacial score (nSPS) is 12.2. The van der Waals surface area contributed by atoms with Crippen molar-refractivity contribution in [3.05, 3.63) is 47.8 Å². The Morgan fingerprint density at radius 1 is 1.12 bits per heavy atom. The summed E-state index contributed by atoms with van der Waals surface area (Å²) in [7, 11) is 0. The number of benzene rings is 1. The van der Waals surface area contributed by atoms with Crippen LogP contribution in [-0.4, -0.2) is 57.0 Å². The second kappa shape index (κ2) is 13.5. The number of rotatable bonds is 14. The third kappa shape index (κ3) is 7.69. The van der Waals surface area contributed by atoms with Gasteiger partial charge in [-0.3, -0.25) is 9.36 Å². The maximum Gasteiger partial charge on any atom is 0.220 e. The molecule has 1 atom stereocenters. The van der Waals surface area contributed by atoms with Gasteiger partial charge in [0, 0.05) is 23.9 Å². The minimum atomic E-state index is 0.134. The van der Waals surface area contributed by atoms with Gasteiger partial charge in [0.25, 0.3) is 0 Å². The van der Waals surface area contributed by atoms with Crippen molar-refractivity contribution in [1.29, 1.82) is 0 Å². The second-order valence-electron chi connectivity index (χ2n) is 8.04. The van der Waals surface area contributed by atoms with Gasteiger partial charge < -0.3 is 10.2 Å². The molecule has 1 amide bonds. The van der Waals surface area contributed by atoms with Crippen LogP contribution in [-0.2, 0) is 4.79 Å². The minimum Gasteiger partial charge on any atom is -0.354 e. The molecule has 0 aliphatic heterocycles. The average molecular weight is 486 g/mol. The number of nitrogens with one attached hydrogen (secondary N) is 1. The van der Waals surface area contributed by atoms with Gasteiger partial charge in [-0.25, -0.2) is 0 Å². The topological polar surface area (TPSA) is 63.1 Å². The molecule has 0 spiro atoms. The molecule has 6 nitrogen and oxygen atoms in total. The number of aromatic nitrogens is 3. The van der Waals surface area contributed by atoms with E-state index in [-0.39, 0.29) is 11.9 Å². The summed E-state index contributed by atoms with van der Waals surface area (Å²) in [5.74, 6) is 1.81. The van der Waals surface area contributed by atoms with E-state index in [1.807, 2.05) is 24.3 Å². The molecule has 0 bridgehead atoms. The molecule has 0 radical (unpaired) electrons. The van der Waals surface area contributed by atoms with Gasteiger partial charge in [-0.2, -0.15) is 0 Å². The van der Waals surface area contributed by atoms with Crippen molar-refractivity contribution < 1.29 is 4.79 Å². The summed E-state index contributed by atoms with van der Waals surface area (Å²) in [5, 5.41) is 15.0. The van der Waals surface area contributed by atoms with Crippen LogP contribution in [0.1, 0.15) is 46.5 Å². The molecule has 1 unspecified atom stereocenters. The molecule has 33 heavy (non-hydrogen) atoms. The Morgan fingerprint density at radius 3 is 2.61 bits per heavy atom. The van der Waals surface area contributed by atoms with Crippen LogP contribution in [0.25, 0.3) is 16.4 Å². The number of thiophene rings is 1. The van der Waals surface area contributed by atoms with Crippen LogP contribution < -0.4 is 5.32 Å². The number of amides is 1. The first-order chi connectivity index (χ1) is 16.1. The molecule has 0 saturated heterocycles. The Labute approximate surface area is 205 Å². The number of carbonyl (C=O) groups excluding carboxylic acids is 1. The van der Waals surface area contributed by atoms with Gasteiger partial charge in [0.2, 0.25) is 5.91 Å². The number of hydrogen-bond donors (Lipinski definition) is 1. The van der Waals surface area contributed by atoms with Crippen molar-refractivity contribution in [3.8, 4) is 16.4 Å². The Morgan fingerprint density at radius 2 is 1.91 bits per heavy atom. The first kappa shape index (κ1) is 25.5. The first-order valence-corrected chi connectivity index (χ1v) is 13.7. The number of nitrogens with zero attached hydrogens (tertiary/aromatic N) is 4. The predicted molar refractivity (Wildman–Crippen MR) is 139 cm³/mol. The molecule has 3 rings (SSSR count). The van der Waals surface area contributed by atoms with Crippen LogP contribution in [0.4, 0.5) is 0 Å². The summed E-state index contributed by atoms with van der Waals surface area (Å²) >= 11 is 3.31. The molecule has 0 fully saturated rings. The Kier molecular flexibility index (Phi) is 10.4. The zero-order valence-electron chi connectivity index (χ0n) is 19.9. The molecular weight excluding hydrogens is 450 g/mol.